The highest BCUT2D eigenvalue weighted by atomic mass is 127. The van der Waals surface area contributed by atoms with Gasteiger partial charge in [-0.3, -0.25) is 9.36 Å². The molecule has 0 spiro atoms. The summed E-state index contributed by atoms with van der Waals surface area (Å²) in [4.78, 5) is 12.9. The van der Waals surface area contributed by atoms with Gasteiger partial charge in [-0.15, -0.1) is 0 Å². The van der Waals surface area contributed by atoms with Crippen LogP contribution in [0.3, 0.4) is 0 Å². The highest BCUT2D eigenvalue weighted by Crippen LogP contribution is 2.35. The molecule has 0 saturated carbocycles. The zero-order valence-electron chi connectivity index (χ0n) is 23.4. The number of pyridine rings is 3. The third-order valence-electron chi connectivity index (χ3n) is 7.31. The summed E-state index contributed by atoms with van der Waals surface area (Å²) in [5, 5.41) is 11.4. The molecule has 0 unspecified atom stereocenters. The van der Waals surface area contributed by atoms with Gasteiger partial charge in [0.15, 0.2) is 0 Å². The molecule has 0 bridgehead atoms. The number of aromatic nitrogens is 7. The maximum absolute atomic E-state index is 6.18. The van der Waals surface area contributed by atoms with Crippen molar-refractivity contribution in [3.05, 3.63) is 51.7 Å². The second-order valence-corrected chi connectivity index (χ2v) is 11.5. The summed E-state index contributed by atoms with van der Waals surface area (Å²) >= 11 is 8.26. The van der Waals surface area contributed by atoms with Crippen molar-refractivity contribution in [2.45, 2.75) is 37.9 Å². The molecule has 7 rings (SSSR count). The lowest BCUT2D eigenvalue weighted by Gasteiger charge is -2.23. The Labute approximate surface area is 261 Å². The van der Waals surface area contributed by atoms with Gasteiger partial charge in [0, 0.05) is 63.9 Å². The van der Waals surface area contributed by atoms with Gasteiger partial charge in [0.05, 0.1) is 48.2 Å². The molecule has 2 aliphatic rings. The minimum atomic E-state index is 0.117. The molecule has 2 aliphatic heterocycles. The molecule has 42 heavy (non-hydrogen) atoms. The van der Waals surface area contributed by atoms with Gasteiger partial charge in [-0.25, -0.2) is 15.0 Å². The van der Waals surface area contributed by atoms with Crippen LogP contribution >= 0.6 is 34.2 Å². The largest absolute Gasteiger partial charge is 0.474 e. The van der Waals surface area contributed by atoms with E-state index in [-0.39, 0.29) is 12.2 Å². The standard InChI is InChI=1S/C17H17ClN4O2.C12H14IN3O2/c1-22-13-3-7-20-17(24-12-4-8-23-9-5-12)15(13)16(21-22)11-2-6-19-14(18)10-11;1-16-9-2-5-14-12(10(9)11(13)15-16)18-8-3-6-17-7-4-8/h2-3,6-7,10,12H,4-5,8-9H2,1H3;2,5,8H,3-4,6-7H2,1H3. The SMILES string of the molecule is Cn1nc(-c2ccnc(Cl)c2)c2c(OC3CCOCC3)nccc21.Cn1nc(I)c2c(OC3CCOCC3)nccc21. The lowest BCUT2D eigenvalue weighted by molar-refractivity contribution is 0.0242. The van der Waals surface area contributed by atoms with E-state index < -0.39 is 0 Å². The summed E-state index contributed by atoms with van der Waals surface area (Å²) in [6.07, 6.45) is 9.11. The summed E-state index contributed by atoms with van der Waals surface area (Å²) < 4.78 is 27.5. The predicted octanol–water partition coefficient (Wildman–Crippen LogP) is 5.37. The first-order valence-corrected chi connectivity index (χ1v) is 15.3. The Morgan fingerprint density at radius 3 is 1.88 bits per heavy atom. The topological polar surface area (TPSA) is 111 Å². The predicted molar refractivity (Wildman–Crippen MR) is 167 cm³/mol. The normalized spacial score (nSPS) is 16.4. The minimum absolute atomic E-state index is 0.117. The molecule has 0 aliphatic carbocycles. The van der Waals surface area contributed by atoms with Gasteiger partial charge in [-0.2, -0.15) is 10.2 Å². The van der Waals surface area contributed by atoms with Crippen LogP contribution in [-0.4, -0.2) is 73.1 Å². The fourth-order valence-electron chi connectivity index (χ4n) is 5.15. The smallest absolute Gasteiger partial charge is 0.225 e. The molecular formula is C29H31ClIN7O4. The van der Waals surface area contributed by atoms with E-state index in [1.807, 2.05) is 41.7 Å². The zero-order valence-corrected chi connectivity index (χ0v) is 26.3. The Balaban J connectivity index is 0.000000157. The quantitative estimate of drug-likeness (QED) is 0.176. The molecule has 2 fully saturated rings. The summed E-state index contributed by atoms with van der Waals surface area (Å²) in [6.45, 7) is 2.98. The van der Waals surface area contributed by atoms with Crippen molar-refractivity contribution < 1.29 is 18.9 Å². The number of aryl methyl sites for hydroxylation is 2. The highest BCUT2D eigenvalue weighted by molar-refractivity contribution is 14.1. The van der Waals surface area contributed by atoms with Crippen LogP contribution in [-0.2, 0) is 23.6 Å². The number of nitrogens with zero attached hydrogens (tertiary/aromatic N) is 7. The van der Waals surface area contributed by atoms with E-state index in [1.165, 1.54) is 0 Å². The van der Waals surface area contributed by atoms with Crippen LogP contribution in [0.5, 0.6) is 11.8 Å². The molecule has 2 saturated heterocycles. The fourth-order valence-corrected chi connectivity index (χ4v) is 6.15. The Hall–Kier alpha value is -3.07. The van der Waals surface area contributed by atoms with Crippen LogP contribution in [0.4, 0.5) is 0 Å². The Morgan fingerprint density at radius 1 is 0.762 bits per heavy atom. The minimum Gasteiger partial charge on any atom is -0.474 e. The number of hydrogen-bond donors (Lipinski definition) is 0. The van der Waals surface area contributed by atoms with Crippen molar-refractivity contribution in [2.24, 2.45) is 14.1 Å². The van der Waals surface area contributed by atoms with E-state index in [9.17, 15) is 0 Å². The van der Waals surface area contributed by atoms with Gasteiger partial charge in [0.25, 0.3) is 0 Å². The van der Waals surface area contributed by atoms with Gasteiger partial charge in [-0.05, 0) is 46.9 Å². The number of fused-ring (bicyclic) bond motifs is 2. The molecule has 7 heterocycles. The van der Waals surface area contributed by atoms with Gasteiger partial charge < -0.3 is 18.9 Å². The first-order chi connectivity index (χ1) is 20.5. The molecule has 0 atom stereocenters. The van der Waals surface area contributed by atoms with Gasteiger partial charge in [0.1, 0.15) is 26.8 Å². The Morgan fingerprint density at radius 2 is 1.29 bits per heavy atom. The van der Waals surface area contributed by atoms with Crippen molar-refractivity contribution in [3.63, 3.8) is 0 Å². The van der Waals surface area contributed by atoms with E-state index in [0.717, 1.165) is 88.9 Å². The Bertz CT molecular complexity index is 1680. The van der Waals surface area contributed by atoms with Crippen LogP contribution in [0.2, 0.25) is 5.15 Å². The number of halogens is 2. The third kappa shape index (κ3) is 6.31. The van der Waals surface area contributed by atoms with Gasteiger partial charge >= 0.3 is 0 Å². The molecule has 0 aromatic carbocycles. The summed E-state index contributed by atoms with van der Waals surface area (Å²) in [6, 6.07) is 7.58. The molecule has 5 aromatic rings. The average Bonchev–Trinajstić information content (AvgIpc) is 3.51. The number of hydrogen-bond acceptors (Lipinski definition) is 9. The van der Waals surface area contributed by atoms with Crippen LogP contribution in [0, 0.1) is 3.70 Å². The highest BCUT2D eigenvalue weighted by Gasteiger charge is 2.22. The molecule has 220 valence electrons. The molecule has 11 nitrogen and oxygen atoms in total. The maximum atomic E-state index is 6.18. The van der Waals surface area contributed by atoms with Gasteiger partial charge in [-0.1, -0.05) is 11.6 Å². The molecule has 5 aromatic heterocycles. The van der Waals surface area contributed by atoms with Crippen LogP contribution < -0.4 is 9.47 Å². The second-order valence-electron chi connectivity index (χ2n) is 10.1. The van der Waals surface area contributed by atoms with Crippen molar-refractivity contribution in [3.8, 4) is 23.0 Å². The van der Waals surface area contributed by atoms with E-state index >= 15 is 0 Å². The van der Waals surface area contributed by atoms with Crippen LogP contribution in [0.1, 0.15) is 25.7 Å². The maximum Gasteiger partial charge on any atom is 0.225 e. The van der Waals surface area contributed by atoms with E-state index in [4.69, 9.17) is 30.5 Å². The molecule has 13 heteroatoms. The molecule has 0 amide bonds. The first-order valence-electron chi connectivity index (χ1n) is 13.9. The van der Waals surface area contributed by atoms with E-state index in [1.54, 1.807) is 24.7 Å². The number of rotatable bonds is 5. The summed E-state index contributed by atoms with van der Waals surface area (Å²) in [5.74, 6) is 1.30. The lowest BCUT2D eigenvalue weighted by atomic mass is 10.1. The van der Waals surface area contributed by atoms with Crippen molar-refractivity contribution in [1.82, 2.24) is 34.5 Å². The molecule has 0 N–H and O–H groups in total. The van der Waals surface area contributed by atoms with E-state index in [2.05, 4.69) is 47.7 Å². The first kappa shape index (κ1) is 29.0. The average molecular weight is 704 g/mol. The van der Waals surface area contributed by atoms with E-state index in [0.29, 0.717) is 16.9 Å². The fraction of sp³-hybridized carbons (Fsp3) is 0.414. The molecular weight excluding hydrogens is 673 g/mol. The second kappa shape index (κ2) is 13.1. The zero-order chi connectivity index (χ0) is 29.1. The van der Waals surface area contributed by atoms with Crippen molar-refractivity contribution >= 4 is 56.0 Å². The lowest BCUT2D eigenvalue weighted by Crippen LogP contribution is -2.26. The monoisotopic (exact) mass is 703 g/mol. The van der Waals surface area contributed by atoms with Crippen molar-refractivity contribution in [1.29, 1.82) is 0 Å². The molecule has 0 radical (unpaired) electrons. The summed E-state index contributed by atoms with van der Waals surface area (Å²) in [7, 11) is 3.84. The third-order valence-corrected chi connectivity index (χ3v) is 8.27. The number of ether oxygens (including phenoxy) is 4. The summed E-state index contributed by atoms with van der Waals surface area (Å²) in [5.41, 5.74) is 3.71. The Kier molecular flexibility index (Phi) is 9.03. The van der Waals surface area contributed by atoms with Crippen LogP contribution in [0.25, 0.3) is 33.1 Å². The van der Waals surface area contributed by atoms with Gasteiger partial charge in [0.2, 0.25) is 11.8 Å². The van der Waals surface area contributed by atoms with Crippen LogP contribution in [0.15, 0.2) is 42.9 Å². The van der Waals surface area contributed by atoms with Crippen molar-refractivity contribution in [2.75, 3.05) is 26.4 Å².